The highest BCUT2D eigenvalue weighted by atomic mass is 32.2. The van der Waals surface area contributed by atoms with Crippen LogP contribution in [0.4, 0.5) is 0 Å². The van der Waals surface area contributed by atoms with Crippen molar-refractivity contribution in [3.8, 4) is 11.4 Å². The van der Waals surface area contributed by atoms with Crippen LogP contribution >= 0.6 is 11.8 Å². The average Bonchev–Trinajstić information content (AvgIpc) is 2.95. The number of benzene rings is 1. The van der Waals surface area contributed by atoms with Gasteiger partial charge in [-0.2, -0.15) is 4.68 Å². The zero-order valence-electron chi connectivity index (χ0n) is 11.1. The van der Waals surface area contributed by atoms with E-state index in [1.165, 1.54) is 12.8 Å². The fourth-order valence-corrected chi connectivity index (χ4v) is 3.31. The Kier molecular flexibility index (Phi) is 4.17. The molecule has 0 radical (unpaired) electrons. The molecule has 2 N–H and O–H groups in total. The Morgan fingerprint density at radius 1 is 1.35 bits per heavy atom. The summed E-state index contributed by atoms with van der Waals surface area (Å²) in [6, 6.07) is 6.88. The fourth-order valence-electron chi connectivity index (χ4n) is 2.28. The van der Waals surface area contributed by atoms with E-state index in [9.17, 15) is 5.11 Å². The van der Waals surface area contributed by atoms with Gasteiger partial charge in [-0.05, 0) is 66.5 Å². The van der Waals surface area contributed by atoms with Crippen molar-refractivity contribution in [1.82, 2.24) is 25.5 Å². The first-order valence-electron chi connectivity index (χ1n) is 6.74. The lowest BCUT2D eigenvalue weighted by molar-refractivity contribution is 0.410. The molecule has 2 aromatic rings. The van der Waals surface area contributed by atoms with Crippen LogP contribution in [0.5, 0.6) is 5.75 Å². The largest absolute Gasteiger partial charge is 0.508 e. The lowest BCUT2D eigenvalue weighted by Gasteiger charge is -2.21. The smallest absolute Gasteiger partial charge is 0.214 e. The van der Waals surface area contributed by atoms with Crippen molar-refractivity contribution in [2.75, 3.05) is 18.8 Å². The highest BCUT2D eigenvalue weighted by Gasteiger charge is 2.16. The molecule has 1 atom stereocenters. The summed E-state index contributed by atoms with van der Waals surface area (Å²) in [5.41, 5.74) is 0.858. The van der Waals surface area contributed by atoms with Crippen LogP contribution in [0, 0.1) is 5.92 Å². The number of nitrogens with one attached hydrogen (secondary N) is 1. The molecule has 6 nitrogen and oxygen atoms in total. The molecule has 1 aromatic heterocycles. The third-order valence-electron chi connectivity index (χ3n) is 3.38. The molecule has 3 rings (SSSR count). The minimum absolute atomic E-state index is 0.240. The van der Waals surface area contributed by atoms with Gasteiger partial charge in [-0.25, -0.2) is 0 Å². The van der Waals surface area contributed by atoms with Gasteiger partial charge in [-0.15, -0.1) is 5.10 Å². The molecule has 20 heavy (non-hydrogen) atoms. The van der Waals surface area contributed by atoms with Gasteiger partial charge in [0.25, 0.3) is 0 Å². The van der Waals surface area contributed by atoms with Crippen LogP contribution in [0.1, 0.15) is 12.8 Å². The van der Waals surface area contributed by atoms with Crippen molar-refractivity contribution in [2.45, 2.75) is 18.0 Å². The highest BCUT2D eigenvalue weighted by molar-refractivity contribution is 7.99. The van der Waals surface area contributed by atoms with Gasteiger partial charge in [-0.3, -0.25) is 0 Å². The Bertz CT molecular complexity index is 550. The first-order valence-corrected chi connectivity index (χ1v) is 7.73. The maximum Gasteiger partial charge on any atom is 0.214 e. The molecular formula is C13H17N5OS. The van der Waals surface area contributed by atoms with E-state index in [1.54, 1.807) is 40.7 Å². The van der Waals surface area contributed by atoms with Gasteiger partial charge in [0.05, 0.1) is 5.69 Å². The monoisotopic (exact) mass is 291 g/mol. The van der Waals surface area contributed by atoms with Gasteiger partial charge in [0, 0.05) is 5.75 Å². The number of piperidine rings is 1. The van der Waals surface area contributed by atoms with Crippen molar-refractivity contribution >= 4 is 11.8 Å². The standard InChI is InChI=1S/C13H17N5OS/c19-12-5-3-11(4-6-12)18-13(15-16-17-18)20-9-10-2-1-7-14-8-10/h3-6,10,14,19H,1-2,7-9H2. The minimum Gasteiger partial charge on any atom is -0.508 e. The molecule has 1 unspecified atom stereocenters. The number of aromatic hydroxyl groups is 1. The minimum atomic E-state index is 0.240. The zero-order valence-corrected chi connectivity index (χ0v) is 11.9. The van der Waals surface area contributed by atoms with Crippen molar-refractivity contribution < 1.29 is 5.11 Å². The van der Waals surface area contributed by atoms with E-state index in [2.05, 4.69) is 20.8 Å². The molecule has 0 saturated carbocycles. The molecule has 0 aliphatic carbocycles. The van der Waals surface area contributed by atoms with Gasteiger partial charge in [-0.1, -0.05) is 11.8 Å². The maximum atomic E-state index is 9.32. The molecule has 1 aromatic carbocycles. The molecule has 7 heteroatoms. The third kappa shape index (κ3) is 3.10. The van der Waals surface area contributed by atoms with Crippen LogP contribution in [0.3, 0.4) is 0 Å². The molecule has 1 aliphatic heterocycles. The molecule has 2 heterocycles. The first kappa shape index (κ1) is 13.4. The molecule has 0 bridgehead atoms. The van der Waals surface area contributed by atoms with E-state index >= 15 is 0 Å². The van der Waals surface area contributed by atoms with E-state index in [4.69, 9.17) is 0 Å². The third-order valence-corrected chi connectivity index (χ3v) is 4.53. The second-order valence-corrected chi connectivity index (χ2v) is 5.90. The second-order valence-electron chi connectivity index (χ2n) is 4.91. The van der Waals surface area contributed by atoms with Gasteiger partial charge < -0.3 is 10.4 Å². The van der Waals surface area contributed by atoms with Crippen molar-refractivity contribution in [3.63, 3.8) is 0 Å². The number of nitrogens with zero attached hydrogens (tertiary/aromatic N) is 4. The summed E-state index contributed by atoms with van der Waals surface area (Å²) in [4.78, 5) is 0. The number of thioether (sulfide) groups is 1. The Morgan fingerprint density at radius 3 is 2.95 bits per heavy atom. The van der Waals surface area contributed by atoms with E-state index in [0.29, 0.717) is 5.92 Å². The Balaban J connectivity index is 1.68. The first-order chi connectivity index (χ1) is 9.83. The highest BCUT2D eigenvalue weighted by Crippen LogP contribution is 2.24. The van der Waals surface area contributed by atoms with Crippen molar-refractivity contribution in [1.29, 1.82) is 0 Å². The van der Waals surface area contributed by atoms with E-state index < -0.39 is 0 Å². The number of hydrogen-bond acceptors (Lipinski definition) is 6. The Hall–Kier alpha value is -1.60. The normalized spacial score (nSPS) is 19.1. The summed E-state index contributed by atoms with van der Waals surface area (Å²) in [5, 5.41) is 25.4. The molecule has 0 amide bonds. The maximum absolute atomic E-state index is 9.32. The molecular weight excluding hydrogens is 274 g/mol. The molecule has 0 spiro atoms. The number of tetrazole rings is 1. The fraction of sp³-hybridized carbons (Fsp3) is 0.462. The van der Waals surface area contributed by atoms with Crippen LogP contribution in [0.2, 0.25) is 0 Å². The Labute approximate surface area is 121 Å². The average molecular weight is 291 g/mol. The van der Waals surface area contributed by atoms with E-state index in [-0.39, 0.29) is 5.75 Å². The summed E-state index contributed by atoms with van der Waals surface area (Å²) in [7, 11) is 0. The summed E-state index contributed by atoms with van der Waals surface area (Å²) in [6.45, 7) is 2.21. The number of phenols is 1. The second kappa shape index (κ2) is 6.23. The topological polar surface area (TPSA) is 75.9 Å². The van der Waals surface area contributed by atoms with Crippen molar-refractivity contribution in [2.24, 2.45) is 5.92 Å². The molecule has 1 saturated heterocycles. The number of aromatic nitrogens is 4. The lowest BCUT2D eigenvalue weighted by Crippen LogP contribution is -2.31. The van der Waals surface area contributed by atoms with Gasteiger partial charge in [0.2, 0.25) is 5.16 Å². The SMILES string of the molecule is Oc1ccc(-n2nnnc2SCC2CCCNC2)cc1. The summed E-state index contributed by atoms with van der Waals surface area (Å²) in [6.07, 6.45) is 2.51. The van der Waals surface area contributed by atoms with Crippen LogP contribution < -0.4 is 5.32 Å². The van der Waals surface area contributed by atoms with Crippen LogP contribution in [-0.2, 0) is 0 Å². The van der Waals surface area contributed by atoms with Crippen LogP contribution in [-0.4, -0.2) is 44.2 Å². The molecule has 106 valence electrons. The van der Waals surface area contributed by atoms with Gasteiger partial charge in [0.1, 0.15) is 5.75 Å². The van der Waals surface area contributed by atoms with E-state index in [1.807, 2.05) is 0 Å². The molecule has 1 fully saturated rings. The van der Waals surface area contributed by atoms with E-state index in [0.717, 1.165) is 29.7 Å². The number of rotatable bonds is 4. The summed E-state index contributed by atoms with van der Waals surface area (Å²) >= 11 is 1.68. The number of phenolic OH excluding ortho intramolecular Hbond substituents is 1. The molecule has 1 aliphatic rings. The quantitative estimate of drug-likeness (QED) is 0.831. The predicted octanol–water partition coefficient (Wildman–Crippen LogP) is 1.46. The predicted molar refractivity (Wildman–Crippen MR) is 77.1 cm³/mol. The Morgan fingerprint density at radius 2 is 2.20 bits per heavy atom. The van der Waals surface area contributed by atoms with Crippen molar-refractivity contribution in [3.05, 3.63) is 24.3 Å². The number of hydrogen-bond donors (Lipinski definition) is 2. The van der Waals surface area contributed by atoms with Gasteiger partial charge >= 0.3 is 0 Å². The summed E-state index contributed by atoms with van der Waals surface area (Å²) in [5.74, 6) is 1.94. The summed E-state index contributed by atoms with van der Waals surface area (Å²) < 4.78 is 1.71. The van der Waals surface area contributed by atoms with Crippen LogP contribution in [0.15, 0.2) is 29.4 Å². The van der Waals surface area contributed by atoms with Gasteiger partial charge in [0.15, 0.2) is 0 Å². The lowest BCUT2D eigenvalue weighted by atomic mass is 10.0. The van der Waals surface area contributed by atoms with Crippen LogP contribution in [0.25, 0.3) is 5.69 Å². The zero-order chi connectivity index (χ0) is 13.8.